The number of nitrogens with one attached hydrogen (secondary N) is 2. The predicted octanol–water partition coefficient (Wildman–Crippen LogP) is 1.36. The van der Waals surface area contributed by atoms with E-state index < -0.39 is 0 Å². The summed E-state index contributed by atoms with van der Waals surface area (Å²) in [4.78, 5) is 19.6. The Bertz CT molecular complexity index is 619. The van der Waals surface area contributed by atoms with Gasteiger partial charge < -0.3 is 10.3 Å². The highest BCUT2D eigenvalue weighted by molar-refractivity contribution is 5.71. The Morgan fingerprint density at radius 3 is 3.00 bits per heavy atom. The van der Waals surface area contributed by atoms with Crippen molar-refractivity contribution in [1.82, 2.24) is 24.9 Å². The molecule has 0 radical (unpaired) electrons. The number of anilines is 1. The molecule has 3 aromatic rings. The van der Waals surface area contributed by atoms with Gasteiger partial charge in [0.05, 0.1) is 18.6 Å². The SMILES string of the molecule is c1cnc2nc(NCc3cnc[nH]3)ccc2n1. The molecule has 0 aliphatic carbocycles. The van der Waals surface area contributed by atoms with Gasteiger partial charge in [-0.2, -0.15) is 0 Å². The highest BCUT2D eigenvalue weighted by Crippen LogP contribution is 2.10. The molecular weight excluding hydrogens is 216 g/mol. The Kier molecular flexibility index (Phi) is 2.38. The lowest BCUT2D eigenvalue weighted by molar-refractivity contribution is 1.05. The maximum Gasteiger partial charge on any atom is 0.180 e. The lowest BCUT2D eigenvalue weighted by atomic mass is 10.4. The largest absolute Gasteiger partial charge is 0.364 e. The molecule has 0 saturated heterocycles. The molecule has 0 aliphatic rings. The van der Waals surface area contributed by atoms with Crippen molar-refractivity contribution in [2.24, 2.45) is 0 Å². The number of hydrogen-bond donors (Lipinski definition) is 2. The molecule has 0 aromatic carbocycles. The van der Waals surface area contributed by atoms with Crippen LogP contribution in [0.1, 0.15) is 5.69 Å². The Hall–Kier alpha value is -2.50. The number of pyridine rings is 1. The van der Waals surface area contributed by atoms with Gasteiger partial charge in [-0.3, -0.25) is 4.98 Å². The minimum absolute atomic E-state index is 0.641. The molecular formula is C11H10N6. The number of rotatable bonds is 3. The maximum absolute atomic E-state index is 4.36. The van der Waals surface area contributed by atoms with Gasteiger partial charge in [0.2, 0.25) is 0 Å². The van der Waals surface area contributed by atoms with Gasteiger partial charge in [-0.15, -0.1) is 0 Å². The molecule has 0 spiro atoms. The van der Waals surface area contributed by atoms with Gasteiger partial charge in [0.15, 0.2) is 5.65 Å². The lowest BCUT2D eigenvalue weighted by Gasteiger charge is -2.04. The molecule has 6 nitrogen and oxygen atoms in total. The molecule has 0 aliphatic heterocycles. The molecule has 3 rings (SSSR count). The van der Waals surface area contributed by atoms with Gasteiger partial charge in [0, 0.05) is 18.6 Å². The second kappa shape index (κ2) is 4.17. The first-order valence-corrected chi connectivity index (χ1v) is 5.21. The van der Waals surface area contributed by atoms with Gasteiger partial charge in [-0.05, 0) is 12.1 Å². The topological polar surface area (TPSA) is 79.4 Å². The summed E-state index contributed by atoms with van der Waals surface area (Å²) >= 11 is 0. The van der Waals surface area contributed by atoms with E-state index in [1.165, 1.54) is 0 Å². The van der Waals surface area contributed by atoms with E-state index in [0.29, 0.717) is 12.2 Å². The molecule has 0 saturated carbocycles. The van der Waals surface area contributed by atoms with E-state index in [2.05, 4.69) is 30.2 Å². The van der Waals surface area contributed by atoms with Gasteiger partial charge in [-0.1, -0.05) is 0 Å². The molecule has 3 aromatic heterocycles. The molecule has 84 valence electrons. The minimum atomic E-state index is 0.641. The summed E-state index contributed by atoms with van der Waals surface area (Å²) in [5.41, 5.74) is 2.44. The fourth-order valence-electron chi connectivity index (χ4n) is 1.52. The summed E-state index contributed by atoms with van der Waals surface area (Å²) in [6.45, 7) is 0.652. The summed E-state index contributed by atoms with van der Waals surface area (Å²) in [6.07, 6.45) is 6.71. The molecule has 0 atom stereocenters. The van der Waals surface area contributed by atoms with Crippen LogP contribution in [-0.2, 0) is 6.54 Å². The summed E-state index contributed by atoms with van der Waals surface area (Å²) < 4.78 is 0. The van der Waals surface area contributed by atoms with Gasteiger partial charge in [-0.25, -0.2) is 15.0 Å². The van der Waals surface area contributed by atoms with Gasteiger partial charge in [0.25, 0.3) is 0 Å². The molecule has 2 N–H and O–H groups in total. The fraction of sp³-hybridized carbons (Fsp3) is 0.0909. The molecule has 0 unspecified atom stereocenters. The zero-order valence-corrected chi connectivity index (χ0v) is 8.96. The van der Waals surface area contributed by atoms with Crippen LogP contribution >= 0.6 is 0 Å². The van der Waals surface area contributed by atoms with Crippen LogP contribution in [0, 0.1) is 0 Å². The number of hydrogen-bond acceptors (Lipinski definition) is 5. The highest BCUT2D eigenvalue weighted by atomic mass is 15.0. The molecule has 6 heteroatoms. The number of H-pyrrole nitrogens is 1. The zero-order chi connectivity index (χ0) is 11.5. The van der Waals surface area contributed by atoms with Crippen molar-refractivity contribution in [1.29, 1.82) is 0 Å². The third-order valence-electron chi connectivity index (χ3n) is 2.35. The van der Waals surface area contributed by atoms with Crippen LogP contribution < -0.4 is 5.32 Å². The Labute approximate surface area is 97.2 Å². The van der Waals surface area contributed by atoms with Crippen LogP contribution in [0.5, 0.6) is 0 Å². The van der Waals surface area contributed by atoms with Gasteiger partial charge in [0.1, 0.15) is 11.3 Å². The number of nitrogens with zero attached hydrogens (tertiary/aromatic N) is 4. The summed E-state index contributed by atoms with van der Waals surface area (Å²) in [6, 6.07) is 3.78. The van der Waals surface area contributed by atoms with Crippen LogP contribution in [0.15, 0.2) is 37.1 Å². The number of aromatic nitrogens is 5. The minimum Gasteiger partial charge on any atom is -0.364 e. The maximum atomic E-state index is 4.36. The Balaban J connectivity index is 1.81. The first-order chi connectivity index (χ1) is 8.42. The first kappa shape index (κ1) is 9.71. The molecule has 3 heterocycles. The van der Waals surface area contributed by atoms with E-state index in [-0.39, 0.29) is 0 Å². The van der Waals surface area contributed by atoms with E-state index in [1.807, 2.05) is 12.1 Å². The smallest absolute Gasteiger partial charge is 0.180 e. The van der Waals surface area contributed by atoms with Crippen molar-refractivity contribution in [3.63, 3.8) is 0 Å². The molecule has 0 bridgehead atoms. The van der Waals surface area contributed by atoms with Crippen LogP contribution in [0.4, 0.5) is 5.82 Å². The molecule has 0 fully saturated rings. The molecule has 0 amide bonds. The second-order valence-electron chi connectivity index (χ2n) is 3.53. The van der Waals surface area contributed by atoms with Crippen molar-refractivity contribution in [3.8, 4) is 0 Å². The van der Waals surface area contributed by atoms with E-state index in [4.69, 9.17) is 0 Å². The predicted molar refractivity (Wildman–Crippen MR) is 63.2 cm³/mol. The lowest BCUT2D eigenvalue weighted by Crippen LogP contribution is -2.02. The zero-order valence-electron chi connectivity index (χ0n) is 8.96. The highest BCUT2D eigenvalue weighted by Gasteiger charge is 2.00. The average molecular weight is 226 g/mol. The number of fused-ring (bicyclic) bond motifs is 1. The van der Waals surface area contributed by atoms with Crippen LogP contribution in [0.25, 0.3) is 11.2 Å². The third-order valence-corrected chi connectivity index (χ3v) is 2.35. The van der Waals surface area contributed by atoms with Crippen molar-refractivity contribution in [3.05, 3.63) is 42.7 Å². The second-order valence-corrected chi connectivity index (χ2v) is 3.53. The van der Waals surface area contributed by atoms with E-state index in [0.717, 1.165) is 17.0 Å². The van der Waals surface area contributed by atoms with Crippen LogP contribution in [-0.4, -0.2) is 24.9 Å². The third kappa shape index (κ3) is 2.05. The Morgan fingerprint density at radius 2 is 2.12 bits per heavy atom. The van der Waals surface area contributed by atoms with Gasteiger partial charge >= 0.3 is 0 Å². The van der Waals surface area contributed by atoms with Crippen molar-refractivity contribution in [2.75, 3.05) is 5.32 Å². The van der Waals surface area contributed by atoms with Crippen molar-refractivity contribution in [2.45, 2.75) is 6.54 Å². The average Bonchev–Trinajstić information content (AvgIpc) is 2.89. The van der Waals surface area contributed by atoms with Crippen LogP contribution in [0.3, 0.4) is 0 Å². The van der Waals surface area contributed by atoms with E-state index in [9.17, 15) is 0 Å². The summed E-state index contributed by atoms with van der Waals surface area (Å²) in [7, 11) is 0. The number of aromatic amines is 1. The van der Waals surface area contributed by atoms with Crippen LogP contribution in [0.2, 0.25) is 0 Å². The normalized spacial score (nSPS) is 10.6. The molecule has 17 heavy (non-hydrogen) atoms. The fourth-order valence-corrected chi connectivity index (χ4v) is 1.52. The van der Waals surface area contributed by atoms with E-state index in [1.54, 1.807) is 24.9 Å². The Morgan fingerprint density at radius 1 is 1.18 bits per heavy atom. The quantitative estimate of drug-likeness (QED) is 0.705. The summed E-state index contributed by atoms with van der Waals surface area (Å²) in [5.74, 6) is 0.771. The summed E-state index contributed by atoms with van der Waals surface area (Å²) in [5, 5.41) is 3.19. The van der Waals surface area contributed by atoms with E-state index >= 15 is 0 Å². The standard InChI is InChI=1S/C11H10N6/c1-2-10(15-6-8-5-12-7-16-8)17-11-9(1)13-3-4-14-11/h1-5,7H,6H2,(H,12,16)(H,14,15,17). The first-order valence-electron chi connectivity index (χ1n) is 5.21. The van der Waals surface area contributed by atoms with Crippen molar-refractivity contribution < 1.29 is 0 Å². The monoisotopic (exact) mass is 226 g/mol. The number of imidazole rings is 1. The van der Waals surface area contributed by atoms with Crippen molar-refractivity contribution >= 4 is 17.0 Å².